The summed E-state index contributed by atoms with van der Waals surface area (Å²) in [7, 11) is 1.31. The van der Waals surface area contributed by atoms with Crippen LogP contribution in [0.2, 0.25) is 0 Å². The van der Waals surface area contributed by atoms with Crippen molar-refractivity contribution >= 4 is 13.8 Å². The molecule has 0 spiro atoms. The topological polar surface area (TPSA) is 94.1 Å². The van der Waals surface area contributed by atoms with Gasteiger partial charge in [0, 0.05) is 6.42 Å². The molecule has 0 bridgehead atoms. The number of likely N-dealkylation sites (N-methyl/N-ethyl adjacent to an activating group) is 1. The molecule has 0 amide bonds. The van der Waals surface area contributed by atoms with Crippen molar-refractivity contribution in [3.63, 3.8) is 0 Å². The van der Waals surface area contributed by atoms with E-state index in [1.807, 2.05) is 27.2 Å². The Hall–Kier alpha value is -1.70. The monoisotopic (exact) mass is 796 g/mol. The average Bonchev–Trinajstić information content (AvgIpc) is 3.13. The van der Waals surface area contributed by atoms with Gasteiger partial charge in [0.1, 0.15) is 19.8 Å². The molecule has 0 aromatic carbocycles. The predicted octanol–water partition coefficient (Wildman–Crippen LogP) is 12.9. The first-order valence-corrected chi connectivity index (χ1v) is 23.9. The Balaban J connectivity index is 4.30. The second-order valence-corrected chi connectivity index (χ2v) is 17.5. The molecule has 55 heavy (non-hydrogen) atoms. The number of allylic oxidation sites excluding steroid dienone is 7. The lowest BCUT2D eigenvalue weighted by Crippen LogP contribution is -2.37. The minimum absolute atomic E-state index is 0.0126. The number of quaternary nitrogens is 1. The van der Waals surface area contributed by atoms with Gasteiger partial charge in [-0.05, 0) is 83.1 Å². The minimum atomic E-state index is -4.54. The lowest BCUT2D eigenvalue weighted by Gasteiger charge is -2.28. The van der Waals surface area contributed by atoms with Gasteiger partial charge >= 0.3 is 5.97 Å². The number of unbranched alkanes of at least 4 members (excludes halogenated alkanes) is 21. The van der Waals surface area contributed by atoms with Crippen molar-refractivity contribution in [3.05, 3.63) is 48.8 Å². The Labute approximate surface area is 339 Å². The molecule has 0 aliphatic carbocycles. The van der Waals surface area contributed by atoms with E-state index in [-0.39, 0.29) is 32.2 Å². The molecule has 0 aromatic rings. The van der Waals surface area contributed by atoms with Crippen LogP contribution in [0.5, 0.6) is 0 Å². The quantitative estimate of drug-likeness (QED) is 0.0152. The number of hydrogen-bond donors (Lipinski definition) is 0. The molecule has 0 radical (unpaired) electrons. The van der Waals surface area contributed by atoms with E-state index < -0.39 is 13.9 Å². The number of nitrogens with zero attached hydrogens (tertiary/aromatic N) is 1. The van der Waals surface area contributed by atoms with Crippen molar-refractivity contribution in [2.24, 2.45) is 0 Å². The fraction of sp³-hybridized carbons (Fsp3) is 0.804. The Morgan fingerprint density at radius 1 is 0.582 bits per heavy atom. The van der Waals surface area contributed by atoms with E-state index in [0.717, 1.165) is 44.9 Å². The zero-order valence-corrected chi connectivity index (χ0v) is 37.3. The molecule has 0 rings (SSSR count). The fourth-order valence-electron chi connectivity index (χ4n) is 5.89. The van der Waals surface area contributed by atoms with Gasteiger partial charge in [-0.1, -0.05) is 140 Å². The highest BCUT2D eigenvalue weighted by atomic mass is 31.2. The van der Waals surface area contributed by atoms with Gasteiger partial charge in [0.05, 0.1) is 34.0 Å². The number of ether oxygens (including phenoxy) is 2. The summed E-state index contributed by atoms with van der Waals surface area (Å²) in [6.07, 6.45) is 47.8. The van der Waals surface area contributed by atoms with E-state index in [1.165, 1.54) is 122 Å². The first kappa shape index (κ1) is 53.3. The van der Waals surface area contributed by atoms with Crippen molar-refractivity contribution in [2.75, 3.05) is 47.5 Å². The van der Waals surface area contributed by atoms with E-state index in [1.54, 1.807) is 6.26 Å². The van der Waals surface area contributed by atoms with Crippen molar-refractivity contribution in [2.45, 2.75) is 193 Å². The summed E-state index contributed by atoms with van der Waals surface area (Å²) in [6.45, 7) is 4.68. The molecule has 0 N–H and O–H groups in total. The third-order valence-corrected chi connectivity index (χ3v) is 10.4. The second-order valence-electron chi connectivity index (χ2n) is 16.1. The van der Waals surface area contributed by atoms with Crippen molar-refractivity contribution in [3.8, 4) is 0 Å². The molecule has 8 nitrogen and oxygen atoms in total. The number of hydrogen-bond acceptors (Lipinski definition) is 7. The summed E-state index contributed by atoms with van der Waals surface area (Å²) in [5.41, 5.74) is 0. The van der Waals surface area contributed by atoms with Crippen molar-refractivity contribution < 1.29 is 37.3 Å². The molecule has 0 aliphatic heterocycles. The van der Waals surface area contributed by atoms with Gasteiger partial charge in [-0.15, -0.1) is 0 Å². The Morgan fingerprint density at radius 3 is 1.55 bits per heavy atom. The van der Waals surface area contributed by atoms with E-state index >= 15 is 0 Å². The number of carbonyl (C=O) groups is 1. The molecule has 0 aromatic heterocycles. The van der Waals surface area contributed by atoms with Crippen LogP contribution >= 0.6 is 7.82 Å². The van der Waals surface area contributed by atoms with Crippen molar-refractivity contribution in [1.82, 2.24) is 0 Å². The van der Waals surface area contributed by atoms with Gasteiger partial charge in [-0.3, -0.25) is 9.36 Å². The van der Waals surface area contributed by atoms with Crippen LogP contribution in [-0.2, 0) is 27.9 Å². The van der Waals surface area contributed by atoms with Crippen LogP contribution in [-0.4, -0.2) is 64.1 Å². The van der Waals surface area contributed by atoms with Crippen LogP contribution in [0.3, 0.4) is 0 Å². The molecule has 322 valence electrons. The van der Waals surface area contributed by atoms with Gasteiger partial charge in [0.25, 0.3) is 7.82 Å². The Kier molecular flexibility index (Phi) is 37.9. The lowest BCUT2D eigenvalue weighted by molar-refractivity contribution is -0.870. The molecule has 0 fully saturated rings. The van der Waals surface area contributed by atoms with Crippen LogP contribution in [0.4, 0.5) is 0 Å². The molecule has 2 atom stereocenters. The van der Waals surface area contributed by atoms with Crippen LogP contribution in [0, 0.1) is 0 Å². The third kappa shape index (κ3) is 43.3. The maximum Gasteiger partial charge on any atom is 0.306 e. The Morgan fingerprint density at radius 2 is 1.02 bits per heavy atom. The highest BCUT2D eigenvalue weighted by molar-refractivity contribution is 7.45. The first-order chi connectivity index (χ1) is 26.6. The number of esters is 1. The standard InChI is InChI=1S/C46H86NO7P/c1-6-8-10-12-14-16-18-20-22-24-25-27-29-31-33-35-37-39-46(48)54-45(44-53-55(49,50)52-42-40-47(3,4)5)43-51-41-38-36-34-32-30-28-26-23-21-19-17-15-13-11-9-7-2/h14,16-17,19-20,22,38,41,45H,6-13,15,18,21,23-37,39-40,42-44H2,1-5H3/b16-14-,19-17-,22-20-,41-38-/t45-/m1/s1. The molecular weight excluding hydrogens is 709 g/mol. The largest absolute Gasteiger partial charge is 0.756 e. The maximum atomic E-state index is 12.7. The van der Waals surface area contributed by atoms with Crippen LogP contribution in [0.15, 0.2) is 48.8 Å². The molecule has 0 heterocycles. The molecule has 0 saturated heterocycles. The zero-order valence-electron chi connectivity index (χ0n) is 36.4. The normalized spacial score (nSPS) is 14.1. The SMILES string of the molecule is CCCCC/C=C\C/C=C\CCCCCCCCCC(=O)O[C@H](CO/C=C\CCCCCCCC/C=C\CCCCCC)COP(=O)([O-])OCC[N+](C)(C)C. The van der Waals surface area contributed by atoms with Gasteiger partial charge < -0.3 is 27.9 Å². The summed E-state index contributed by atoms with van der Waals surface area (Å²) in [4.78, 5) is 25.0. The van der Waals surface area contributed by atoms with Crippen LogP contribution in [0.25, 0.3) is 0 Å². The average molecular weight is 796 g/mol. The summed E-state index contributed by atoms with van der Waals surface area (Å²) in [6, 6.07) is 0. The number of carbonyl (C=O) groups excluding carboxylic acids is 1. The van der Waals surface area contributed by atoms with Crippen LogP contribution < -0.4 is 4.89 Å². The highest BCUT2D eigenvalue weighted by Crippen LogP contribution is 2.38. The molecule has 0 aliphatic rings. The van der Waals surface area contributed by atoms with Gasteiger partial charge in [-0.2, -0.15) is 0 Å². The zero-order chi connectivity index (χ0) is 40.6. The van der Waals surface area contributed by atoms with Crippen LogP contribution in [0.1, 0.15) is 187 Å². The fourth-order valence-corrected chi connectivity index (χ4v) is 6.62. The van der Waals surface area contributed by atoms with E-state index in [0.29, 0.717) is 11.0 Å². The molecule has 0 saturated carbocycles. The smallest absolute Gasteiger partial charge is 0.306 e. The second kappa shape index (κ2) is 39.1. The maximum absolute atomic E-state index is 12.7. The van der Waals surface area contributed by atoms with Gasteiger partial charge in [0.15, 0.2) is 6.10 Å². The number of rotatable bonds is 41. The highest BCUT2D eigenvalue weighted by Gasteiger charge is 2.20. The third-order valence-electron chi connectivity index (χ3n) is 9.42. The molecular formula is C46H86NO7P. The van der Waals surface area contributed by atoms with E-state index in [9.17, 15) is 14.3 Å². The van der Waals surface area contributed by atoms with E-state index in [2.05, 4.69) is 50.3 Å². The minimum Gasteiger partial charge on any atom is -0.756 e. The van der Waals surface area contributed by atoms with Gasteiger partial charge in [0.2, 0.25) is 0 Å². The first-order valence-electron chi connectivity index (χ1n) is 22.4. The number of phosphoric acid groups is 1. The summed E-state index contributed by atoms with van der Waals surface area (Å²) >= 11 is 0. The number of phosphoric ester groups is 1. The Bertz CT molecular complexity index is 1020. The summed E-state index contributed by atoms with van der Waals surface area (Å²) in [5, 5.41) is 0. The van der Waals surface area contributed by atoms with Crippen molar-refractivity contribution in [1.29, 1.82) is 0 Å². The van der Waals surface area contributed by atoms with Gasteiger partial charge in [-0.25, -0.2) is 0 Å². The molecule has 9 heteroatoms. The van der Waals surface area contributed by atoms with E-state index in [4.69, 9.17) is 18.5 Å². The summed E-state index contributed by atoms with van der Waals surface area (Å²) < 4.78 is 34.3. The summed E-state index contributed by atoms with van der Waals surface area (Å²) in [5.74, 6) is -0.367. The lowest BCUT2D eigenvalue weighted by atomic mass is 10.1. The molecule has 1 unspecified atom stereocenters. The predicted molar refractivity (Wildman–Crippen MR) is 231 cm³/mol.